The van der Waals surface area contributed by atoms with Gasteiger partial charge in [-0.1, -0.05) is 0 Å². The van der Waals surface area contributed by atoms with Crippen LogP contribution in [-0.2, 0) is 7.05 Å². The quantitative estimate of drug-likeness (QED) is 0.879. The lowest BCUT2D eigenvalue weighted by Crippen LogP contribution is -2.44. The van der Waals surface area contributed by atoms with E-state index in [-0.39, 0.29) is 12.4 Å². The lowest BCUT2D eigenvalue weighted by molar-refractivity contribution is 0.576. The Hall–Kier alpha value is -2.17. The molecule has 0 unspecified atom stereocenters. The van der Waals surface area contributed by atoms with Crippen molar-refractivity contribution in [2.24, 2.45) is 7.05 Å². The van der Waals surface area contributed by atoms with Crippen molar-refractivity contribution in [2.45, 2.75) is 18.5 Å². The van der Waals surface area contributed by atoms with E-state index in [1.165, 1.54) is 0 Å². The van der Waals surface area contributed by atoms with Crippen molar-refractivity contribution in [2.75, 3.05) is 18.0 Å². The van der Waals surface area contributed by atoms with Crippen molar-refractivity contribution < 1.29 is 0 Å². The number of nitrogens with zero attached hydrogens (tertiary/aromatic N) is 6. The zero-order valence-electron chi connectivity index (χ0n) is 12.1. The Balaban J connectivity index is 0.00000144. The van der Waals surface area contributed by atoms with E-state index in [0.29, 0.717) is 23.5 Å². The Bertz CT molecular complexity index is 735. The summed E-state index contributed by atoms with van der Waals surface area (Å²) in [6, 6.07) is 3.15. The second kappa shape index (κ2) is 5.55. The molecule has 7 nitrogen and oxygen atoms in total. The molecular formula is C14H16ClN7. The van der Waals surface area contributed by atoms with E-state index in [4.69, 9.17) is 0 Å². The van der Waals surface area contributed by atoms with Crippen molar-refractivity contribution >= 4 is 18.2 Å². The van der Waals surface area contributed by atoms with E-state index in [9.17, 15) is 5.26 Å². The molecule has 4 rings (SSSR count). The van der Waals surface area contributed by atoms with Crippen LogP contribution in [0.3, 0.4) is 0 Å². The SMILES string of the molecule is Cl.Cn1cc(-c2ncc(C#N)c(N3C[C@@H]4C[C@H]3CN4)n2)cn1. The zero-order valence-corrected chi connectivity index (χ0v) is 12.9. The molecule has 0 spiro atoms. The van der Waals surface area contributed by atoms with Gasteiger partial charge in [0.2, 0.25) is 0 Å². The highest BCUT2D eigenvalue weighted by molar-refractivity contribution is 5.85. The van der Waals surface area contributed by atoms with Gasteiger partial charge in [-0.3, -0.25) is 4.68 Å². The molecule has 0 aromatic carbocycles. The highest BCUT2D eigenvalue weighted by Crippen LogP contribution is 2.31. The fourth-order valence-corrected chi connectivity index (χ4v) is 3.17. The number of hydrogen-bond acceptors (Lipinski definition) is 6. The molecule has 8 heteroatoms. The van der Waals surface area contributed by atoms with Crippen LogP contribution in [0.4, 0.5) is 5.82 Å². The van der Waals surface area contributed by atoms with Gasteiger partial charge in [0.15, 0.2) is 11.6 Å². The molecular weight excluding hydrogens is 302 g/mol. The van der Waals surface area contributed by atoms with Gasteiger partial charge in [0.25, 0.3) is 0 Å². The van der Waals surface area contributed by atoms with Crippen LogP contribution >= 0.6 is 12.4 Å². The first-order valence-electron chi connectivity index (χ1n) is 7.01. The smallest absolute Gasteiger partial charge is 0.164 e. The van der Waals surface area contributed by atoms with Crippen LogP contribution in [0.1, 0.15) is 12.0 Å². The van der Waals surface area contributed by atoms with Gasteiger partial charge in [0, 0.05) is 38.4 Å². The molecule has 0 amide bonds. The predicted molar refractivity (Wildman–Crippen MR) is 83.7 cm³/mol. The third-order valence-electron chi connectivity index (χ3n) is 4.18. The Kier molecular flexibility index (Phi) is 3.72. The van der Waals surface area contributed by atoms with Gasteiger partial charge in [0.05, 0.1) is 18.0 Å². The first kappa shape index (κ1) is 14.8. The molecule has 0 saturated carbocycles. The summed E-state index contributed by atoms with van der Waals surface area (Å²) in [4.78, 5) is 11.2. The van der Waals surface area contributed by atoms with Crippen LogP contribution < -0.4 is 10.2 Å². The lowest BCUT2D eigenvalue weighted by Gasteiger charge is -2.29. The third-order valence-corrected chi connectivity index (χ3v) is 4.18. The predicted octanol–water partition coefficient (Wildman–Crippen LogP) is 0.721. The number of anilines is 1. The molecule has 2 saturated heterocycles. The molecule has 2 bridgehead atoms. The van der Waals surface area contributed by atoms with E-state index in [1.807, 2.05) is 13.2 Å². The van der Waals surface area contributed by atoms with E-state index in [0.717, 1.165) is 30.9 Å². The number of aryl methyl sites for hydroxylation is 1. The molecule has 2 aromatic heterocycles. The summed E-state index contributed by atoms with van der Waals surface area (Å²) in [5, 5.41) is 16.9. The monoisotopic (exact) mass is 317 g/mol. The van der Waals surface area contributed by atoms with E-state index < -0.39 is 0 Å². The first-order chi connectivity index (χ1) is 10.2. The minimum atomic E-state index is 0. The molecule has 2 aliphatic heterocycles. The van der Waals surface area contributed by atoms with Gasteiger partial charge in [-0.25, -0.2) is 9.97 Å². The molecule has 0 aliphatic carbocycles. The van der Waals surface area contributed by atoms with Crippen molar-refractivity contribution in [3.05, 3.63) is 24.2 Å². The van der Waals surface area contributed by atoms with Crippen LogP contribution in [-0.4, -0.2) is 44.9 Å². The number of nitrogens with one attached hydrogen (secondary N) is 1. The number of nitriles is 1. The lowest BCUT2D eigenvalue weighted by atomic mass is 10.2. The molecule has 2 aromatic rings. The van der Waals surface area contributed by atoms with Gasteiger partial charge < -0.3 is 10.2 Å². The second-order valence-corrected chi connectivity index (χ2v) is 5.59. The summed E-state index contributed by atoms with van der Waals surface area (Å²) < 4.78 is 1.72. The van der Waals surface area contributed by atoms with Crippen LogP contribution in [0, 0.1) is 11.3 Å². The summed E-state index contributed by atoms with van der Waals surface area (Å²) in [6.45, 7) is 1.87. The van der Waals surface area contributed by atoms with Crippen molar-refractivity contribution in [3.8, 4) is 17.5 Å². The molecule has 0 radical (unpaired) electrons. The van der Waals surface area contributed by atoms with Crippen molar-refractivity contribution in [1.29, 1.82) is 5.26 Å². The first-order valence-corrected chi connectivity index (χ1v) is 7.01. The fourth-order valence-electron chi connectivity index (χ4n) is 3.17. The maximum Gasteiger partial charge on any atom is 0.164 e. The van der Waals surface area contributed by atoms with Crippen molar-refractivity contribution in [1.82, 2.24) is 25.1 Å². The van der Waals surface area contributed by atoms with Gasteiger partial charge in [-0.2, -0.15) is 10.4 Å². The van der Waals surface area contributed by atoms with Crippen LogP contribution in [0.5, 0.6) is 0 Å². The summed E-state index contributed by atoms with van der Waals surface area (Å²) in [7, 11) is 1.86. The molecule has 1 N–H and O–H groups in total. The van der Waals surface area contributed by atoms with Crippen molar-refractivity contribution in [3.63, 3.8) is 0 Å². The molecule has 2 atom stereocenters. The Labute approximate surface area is 134 Å². The standard InChI is InChI=1S/C14H15N7.ClH/c1-20-7-10(5-18-20)13-17-4-9(3-15)14(19-13)21-8-11-2-12(21)6-16-11;/h4-5,7,11-12,16H,2,6,8H2,1H3;1H/t11-,12-;/m0./s1. The summed E-state index contributed by atoms with van der Waals surface area (Å²) in [5.74, 6) is 1.37. The van der Waals surface area contributed by atoms with Gasteiger partial charge >= 0.3 is 0 Å². The molecule has 22 heavy (non-hydrogen) atoms. The largest absolute Gasteiger partial charge is 0.350 e. The Morgan fingerprint density at radius 1 is 1.41 bits per heavy atom. The van der Waals surface area contributed by atoms with E-state index in [2.05, 4.69) is 31.4 Å². The number of fused-ring (bicyclic) bond motifs is 2. The van der Waals surface area contributed by atoms with Gasteiger partial charge in [-0.05, 0) is 6.42 Å². The topological polar surface area (TPSA) is 82.7 Å². The van der Waals surface area contributed by atoms with Crippen LogP contribution in [0.25, 0.3) is 11.4 Å². The summed E-state index contributed by atoms with van der Waals surface area (Å²) >= 11 is 0. The molecule has 2 fully saturated rings. The number of halogens is 1. The second-order valence-electron chi connectivity index (χ2n) is 5.59. The minimum Gasteiger partial charge on any atom is -0.350 e. The van der Waals surface area contributed by atoms with Crippen LogP contribution in [0.2, 0.25) is 0 Å². The number of rotatable bonds is 2. The Morgan fingerprint density at radius 2 is 2.27 bits per heavy atom. The Morgan fingerprint density at radius 3 is 2.86 bits per heavy atom. The van der Waals surface area contributed by atoms with E-state index in [1.54, 1.807) is 17.1 Å². The normalized spacial score (nSPS) is 22.5. The average molecular weight is 318 g/mol. The summed E-state index contributed by atoms with van der Waals surface area (Å²) in [5.41, 5.74) is 1.40. The fraction of sp³-hybridized carbons (Fsp3) is 0.429. The van der Waals surface area contributed by atoms with Gasteiger partial charge in [-0.15, -0.1) is 12.4 Å². The van der Waals surface area contributed by atoms with Crippen LogP contribution in [0.15, 0.2) is 18.6 Å². The number of hydrogen-bond donors (Lipinski definition) is 1. The maximum absolute atomic E-state index is 9.33. The van der Waals surface area contributed by atoms with E-state index >= 15 is 0 Å². The number of piperazine rings is 1. The highest BCUT2D eigenvalue weighted by atomic mass is 35.5. The summed E-state index contributed by atoms with van der Waals surface area (Å²) in [6.07, 6.45) is 6.35. The maximum atomic E-state index is 9.33. The molecule has 114 valence electrons. The zero-order chi connectivity index (χ0) is 14.4. The highest BCUT2D eigenvalue weighted by Gasteiger charge is 2.39. The molecule has 2 aliphatic rings. The third kappa shape index (κ3) is 2.30. The van der Waals surface area contributed by atoms with Gasteiger partial charge in [0.1, 0.15) is 11.6 Å². The average Bonchev–Trinajstić information content (AvgIpc) is 3.22. The molecule has 4 heterocycles. The number of aromatic nitrogens is 4. The minimum absolute atomic E-state index is 0.